The predicted molar refractivity (Wildman–Crippen MR) is 85.3 cm³/mol. The van der Waals surface area contributed by atoms with E-state index < -0.39 is 0 Å². The lowest BCUT2D eigenvalue weighted by Gasteiger charge is -2.41. The summed E-state index contributed by atoms with van der Waals surface area (Å²) in [5.41, 5.74) is 1.38. The fourth-order valence-electron chi connectivity index (χ4n) is 2.67. The number of hydrogen-bond donors (Lipinski definition) is 1. The third-order valence-corrected chi connectivity index (χ3v) is 4.78. The second-order valence-corrected chi connectivity index (χ2v) is 7.40. The number of benzene rings is 1. The van der Waals surface area contributed by atoms with Crippen LogP contribution in [0.15, 0.2) is 22.7 Å². The van der Waals surface area contributed by atoms with E-state index in [2.05, 4.69) is 46.9 Å². The van der Waals surface area contributed by atoms with Gasteiger partial charge in [-0.1, -0.05) is 22.0 Å². The van der Waals surface area contributed by atoms with E-state index in [1.54, 1.807) is 0 Å². The van der Waals surface area contributed by atoms with Crippen LogP contribution in [-0.2, 0) is 6.54 Å². The number of nitrogens with one attached hydrogen (secondary N) is 1. The molecule has 0 bridgehead atoms. The number of hydrogen-bond acceptors (Lipinski definition) is 2. The van der Waals surface area contributed by atoms with Crippen molar-refractivity contribution in [3.8, 4) is 0 Å². The van der Waals surface area contributed by atoms with Gasteiger partial charge in [-0.15, -0.1) is 0 Å². The zero-order valence-corrected chi connectivity index (χ0v) is 14.1. The topological polar surface area (TPSA) is 15.3 Å². The van der Waals surface area contributed by atoms with E-state index in [9.17, 15) is 4.39 Å². The lowest BCUT2D eigenvalue weighted by molar-refractivity contribution is 0.0960. The molecule has 1 N–H and O–H groups in total. The molecule has 4 heteroatoms. The van der Waals surface area contributed by atoms with Gasteiger partial charge in [0, 0.05) is 35.7 Å². The summed E-state index contributed by atoms with van der Waals surface area (Å²) in [7, 11) is 0. The Morgan fingerprint density at radius 3 is 2.50 bits per heavy atom. The Kier molecular flexibility index (Phi) is 5.21. The van der Waals surface area contributed by atoms with E-state index in [4.69, 9.17) is 0 Å². The highest BCUT2D eigenvalue weighted by Gasteiger charge is 2.26. The van der Waals surface area contributed by atoms with Crippen LogP contribution in [0.25, 0.3) is 0 Å². The van der Waals surface area contributed by atoms with Crippen LogP contribution < -0.4 is 5.32 Å². The molecule has 1 aliphatic rings. The van der Waals surface area contributed by atoms with Crippen LogP contribution in [0.1, 0.15) is 39.2 Å². The van der Waals surface area contributed by atoms with Gasteiger partial charge in [0.1, 0.15) is 5.82 Å². The average molecular weight is 343 g/mol. The molecule has 1 aromatic rings. The highest BCUT2D eigenvalue weighted by atomic mass is 79.9. The number of piperidine rings is 1. The molecule has 0 amide bonds. The smallest absolute Gasteiger partial charge is 0.124 e. The minimum atomic E-state index is -0.195. The number of nitrogens with zero attached hydrogens (tertiary/aromatic N) is 1. The minimum Gasteiger partial charge on any atom is -0.310 e. The van der Waals surface area contributed by atoms with Crippen molar-refractivity contribution < 1.29 is 4.39 Å². The van der Waals surface area contributed by atoms with Crippen molar-refractivity contribution >= 4 is 15.9 Å². The molecule has 1 aliphatic heterocycles. The summed E-state index contributed by atoms with van der Waals surface area (Å²) >= 11 is 3.42. The molecule has 1 aromatic carbocycles. The predicted octanol–water partition coefficient (Wildman–Crippen LogP) is 3.94. The van der Waals surface area contributed by atoms with E-state index >= 15 is 0 Å². The fraction of sp³-hybridized carbons (Fsp3) is 0.625. The third kappa shape index (κ3) is 4.27. The second kappa shape index (κ2) is 6.54. The Morgan fingerprint density at radius 1 is 1.30 bits per heavy atom. The Bertz CT molecular complexity index is 448. The third-order valence-electron chi connectivity index (χ3n) is 4.04. The maximum atomic E-state index is 13.0. The molecule has 0 aliphatic carbocycles. The number of likely N-dealkylation sites (tertiary alicyclic amines) is 1. The summed E-state index contributed by atoms with van der Waals surface area (Å²) in [6, 6.07) is 5.45. The van der Waals surface area contributed by atoms with Gasteiger partial charge in [0.15, 0.2) is 0 Å². The summed E-state index contributed by atoms with van der Waals surface area (Å²) < 4.78 is 13.9. The lowest BCUT2D eigenvalue weighted by Crippen LogP contribution is -2.49. The van der Waals surface area contributed by atoms with Crippen LogP contribution in [-0.4, -0.2) is 29.6 Å². The fourth-order valence-corrected chi connectivity index (χ4v) is 3.16. The van der Waals surface area contributed by atoms with Crippen molar-refractivity contribution in [1.82, 2.24) is 10.2 Å². The van der Waals surface area contributed by atoms with Gasteiger partial charge in [-0.3, -0.25) is 4.90 Å². The largest absolute Gasteiger partial charge is 0.310 e. The lowest BCUT2D eigenvalue weighted by atomic mass is 9.98. The average Bonchev–Trinajstić information content (AvgIpc) is 2.37. The zero-order chi connectivity index (χ0) is 14.8. The summed E-state index contributed by atoms with van der Waals surface area (Å²) in [4.78, 5) is 2.54. The quantitative estimate of drug-likeness (QED) is 0.894. The van der Waals surface area contributed by atoms with Gasteiger partial charge in [0.05, 0.1) is 0 Å². The molecule has 0 atom stereocenters. The SMILES string of the molecule is CC(C)(C)N1CCC(NCc2ccc(F)cc2Br)CC1. The Morgan fingerprint density at radius 2 is 1.95 bits per heavy atom. The highest BCUT2D eigenvalue weighted by molar-refractivity contribution is 9.10. The van der Waals surface area contributed by atoms with Crippen LogP contribution in [0.3, 0.4) is 0 Å². The zero-order valence-electron chi connectivity index (χ0n) is 12.5. The van der Waals surface area contributed by atoms with Gasteiger partial charge in [0.2, 0.25) is 0 Å². The molecule has 0 radical (unpaired) electrons. The molecule has 112 valence electrons. The Balaban J connectivity index is 1.82. The molecule has 1 heterocycles. The standard InChI is InChI=1S/C16H24BrFN2/c1-16(2,3)20-8-6-14(7-9-20)19-11-12-4-5-13(18)10-15(12)17/h4-5,10,14,19H,6-9,11H2,1-3H3. The molecule has 1 fully saturated rings. The molecule has 2 rings (SSSR count). The van der Waals surface area contributed by atoms with Crippen molar-refractivity contribution in [1.29, 1.82) is 0 Å². The summed E-state index contributed by atoms with van der Waals surface area (Å²) in [6.07, 6.45) is 2.35. The van der Waals surface area contributed by atoms with Crippen molar-refractivity contribution in [2.45, 2.75) is 51.7 Å². The van der Waals surface area contributed by atoms with Gasteiger partial charge in [-0.2, -0.15) is 0 Å². The Labute approximate surface area is 129 Å². The monoisotopic (exact) mass is 342 g/mol. The molecule has 2 nitrogen and oxygen atoms in total. The van der Waals surface area contributed by atoms with Crippen LogP contribution >= 0.6 is 15.9 Å². The number of rotatable bonds is 3. The number of halogens is 2. The normalized spacial score (nSPS) is 18.4. The van der Waals surface area contributed by atoms with E-state index in [0.717, 1.165) is 29.7 Å². The Hall–Kier alpha value is -0.450. The summed E-state index contributed by atoms with van der Waals surface area (Å²) in [5, 5.41) is 3.59. The molecule has 20 heavy (non-hydrogen) atoms. The molecule has 0 aromatic heterocycles. The molecule has 1 saturated heterocycles. The highest BCUT2D eigenvalue weighted by Crippen LogP contribution is 2.21. The van der Waals surface area contributed by atoms with Crippen molar-refractivity contribution in [3.05, 3.63) is 34.1 Å². The van der Waals surface area contributed by atoms with Gasteiger partial charge in [-0.05, 0) is 51.3 Å². The van der Waals surface area contributed by atoms with Crippen molar-refractivity contribution in [3.63, 3.8) is 0 Å². The molecule has 0 unspecified atom stereocenters. The second-order valence-electron chi connectivity index (χ2n) is 6.55. The summed E-state index contributed by atoms with van der Waals surface area (Å²) in [6.45, 7) is 9.90. The summed E-state index contributed by atoms with van der Waals surface area (Å²) in [5.74, 6) is -0.195. The molecule has 0 saturated carbocycles. The van der Waals surface area contributed by atoms with E-state index in [1.165, 1.54) is 25.0 Å². The van der Waals surface area contributed by atoms with Crippen molar-refractivity contribution in [2.24, 2.45) is 0 Å². The molecular formula is C16H24BrFN2. The van der Waals surface area contributed by atoms with Crippen LogP contribution in [0, 0.1) is 5.82 Å². The van der Waals surface area contributed by atoms with E-state index in [1.807, 2.05) is 6.07 Å². The van der Waals surface area contributed by atoms with Gasteiger partial charge >= 0.3 is 0 Å². The van der Waals surface area contributed by atoms with Gasteiger partial charge < -0.3 is 5.32 Å². The van der Waals surface area contributed by atoms with Crippen LogP contribution in [0.2, 0.25) is 0 Å². The van der Waals surface area contributed by atoms with Crippen LogP contribution in [0.4, 0.5) is 4.39 Å². The first-order valence-corrected chi connectivity index (χ1v) is 8.08. The molecule has 0 spiro atoms. The first-order valence-electron chi connectivity index (χ1n) is 7.28. The first kappa shape index (κ1) is 15.9. The molecular weight excluding hydrogens is 319 g/mol. The van der Waals surface area contributed by atoms with E-state index in [-0.39, 0.29) is 11.4 Å². The maximum absolute atomic E-state index is 13.0. The van der Waals surface area contributed by atoms with Gasteiger partial charge in [-0.25, -0.2) is 4.39 Å². The maximum Gasteiger partial charge on any atom is 0.124 e. The minimum absolute atomic E-state index is 0.195. The first-order chi connectivity index (χ1) is 9.36. The van der Waals surface area contributed by atoms with E-state index in [0.29, 0.717) is 6.04 Å². The van der Waals surface area contributed by atoms with Crippen LogP contribution in [0.5, 0.6) is 0 Å². The van der Waals surface area contributed by atoms with Crippen molar-refractivity contribution in [2.75, 3.05) is 13.1 Å². The van der Waals surface area contributed by atoms with Gasteiger partial charge in [0.25, 0.3) is 0 Å².